The van der Waals surface area contributed by atoms with E-state index in [2.05, 4.69) is 0 Å². The smallest absolute Gasteiger partial charge is 0.330 e. The van der Waals surface area contributed by atoms with E-state index in [1.807, 2.05) is 12.1 Å². The predicted octanol–water partition coefficient (Wildman–Crippen LogP) is 1.99. The molecule has 0 saturated carbocycles. The zero-order chi connectivity index (χ0) is 12.7. The van der Waals surface area contributed by atoms with Gasteiger partial charge in [0.05, 0.1) is 13.2 Å². The van der Waals surface area contributed by atoms with Gasteiger partial charge in [0.1, 0.15) is 0 Å². The summed E-state index contributed by atoms with van der Waals surface area (Å²) in [5.41, 5.74) is 8.25. The molecule has 0 aliphatic carbocycles. The van der Waals surface area contributed by atoms with Crippen molar-refractivity contribution < 1.29 is 14.3 Å². The fraction of sp³-hybridized carbons (Fsp3) is 0.308. The summed E-state index contributed by atoms with van der Waals surface area (Å²) in [6.45, 7) is 2.60. The number of benzene rings is 1. The molecule has 92 valence electrons. The van der Waals surface area contributed by atoms with Crippen LogP contribution in [0.1, 0.15) is 18.1 Å². The zero-order valence-electron chi connectivity index (χ0n) is 10.1. The van der Waals surface area contributed by atoms with Crippen LogP contribution >= 0.6 is 0 Å². The van der Waals surface area contributed by atoms with Crippen LogP contribution in [0.15, 0.2) is 24.3 Å². The van der Waals surface area contributed by atoms with E-state index in [0.717, 1.165) is 11.1 Å². The molecule has 1 aromatic carbocycles. The number of methoxy groups -OCH3 is 1. The van der Waals surface area contributed by atoms with Crippen molar-refractivity contribution in [2.24, 2.45) is 0 Å². The number of carbonyl (C=O) groups is 1. The molecule has 0 aliphatic heterocycles. The van der Waals surface area contributed by atoms with Crippen molar-refractivity contribution in [3.8, 4) is 0 Å². The maximum atomic E-state index is 11.1. The van der Waals surface area contributed by atoms with E-state index >= 15 is 0 Å². The lowest BCUT2D eigenvalue weighted by Crippen LogP contribution is -1.99. The Bertz CT molecular complexity index is 413. The Morgan fingerprint density at radius 2 is 2.24 bits per heavy atom. The zero-order valence-corrected chi connectivity index (χ0v) is 10.1. The number of esters is 1. The molecule has 4 heteroatoms. The molecule has 0 unspecified atom stereocenters. The molecule has 0 saturated heterocycles. The first-order valence-electron chi connectivity index (χ1n) is 5.39. The lowest BCUT2D eigenvalue weighted by molar-refractivity contribution is -0.137. The summed E-state index contributed by atoms with van der Waals surface area (Å²) < 4.78 is 9.82. The Kier molecular flexibility index (Phi) is 5.23. The topological polar surface area (TPSA) is 61.5 Å². The number of hydrogen-bond donors (Lipinski definition) is 1. The Balaban J connectivity index is 2.78. The molecular formula is C13H17NO3. The standard InChI is InChI=1S/C13H17NO3/c1-3-17-13(15)7-5-10-4-6-12(14)11(8-10)9-16-2/h4-8H,3,9,14H2,1-2H3. The van der Waals surface area contributed by atoms with Gasteiger partial charge in [-0.05, 0) is 30.7 Å². The van der Waals surface area contributed by atoms with Crippen molar-refractivity contribution in [1.29, 1.82) is 0 Å². The van der Waals surface area contributed by atoms with Crippen LogP contribution < -0.4 is 5.73 Å². The van der Waals surface area contributed by atoms with Crippen molar-refractivity contribution in [2.75, 3.05) is 19.5 Å². The number of nitrogens with two attached hydrogens (primary N) is 1. The maximum absolute atomic E-state index is 11.1. The lowest BCUT2D eigenvalue weighted by Gasteiger charge is -2.05. The lowest BCUT2D eigenvalue weighted by atomic mass is 10.1. The highest BCUT2D eigenvalue weighted by atomic mass is 16.5. The predicted molar refractivity (Wildman–Crippen MR) is 67.2 cm³/mol. The summed E-state index contributed by atoms with van der Waals surface area (Å²) in [6, 6.07) is 5.51. The third-order valence-electron chi connectivity index (χ3n) is 2.17. The van der Waals surface area contributed by atoms with Crippen molar-refractivity contribution in [1.82, 2.24) is 0 Å². The average Bonchev–Trinajstić information content (AvgIpc) is 2.31. The van der Waals surface area contributed by atoms with E-state index in [4.69, 9.17) is 15.2 Å². The molecule has 1 aromatic rings. The summed E-state index contributed by atoms with van der Waals surface area (Å²) in [4.78, 5) is 11.1. The molecule has 0 spiro atoms. The number of carbonyl (C=O) groups excluding carboxylic acids is 1. The number of nitrogen functional groups attached to an aromatic ring is 1. The highest BCUT2D eigenvalue weighted by Crippen LogP contribution is 2.16. The fourth-order valence-electron chi connectivity index (χ4n) is 1.36. The Hall–Kier alpha value is -1.81. The van der Waals surface area contributed by atoms with Crippen LogP contribution in [-0.2, 0) is 20.9 Å². The highest BCUT2D eigenvalue weighted by molar-refractivity contribution is 5.87. The van der Waals surface area contributed by atoms with E-state index in [-0.39, 0.29) is 5.97 Å². The molecule has 0 bridgehead atoms. The second-order valence-electron chi connectivity index (χ2n) is 3.48. The molecule has 2 N–H and O–H groups in total. The van der Waals surface area contributed by atoms with Crippen molar-refractivity contribution in [3.63, 3.8) is 0 Å². The first-order chi connectivity index (χ1) is 8.17. The molecule has 4 nitrogen and oxygen atoms in total. The van der Waals surface area contributed by atoms with Gasteiger partial charge in [-0.3, -0.25) is 0 Å². The number of hydrogen-bond acceptors (Lipinski definition) is 4. The van der Waals surface area contributed by atoms with Gasteiger partial charge < -0.3 is 15.2 Å². The SMILES string of the molecule is CCOC(=O)C=Cc1ccc(N)c(COC)c1. The quantitative estimate of drug-likeness (QED) is 0.481. The van der Waals surface area contributed by atoms with Gasteiger partial charge >= 0.3 is 5.97 Å². The molecule has 0 fully saturated rings. The van der Waals surface area contributed by atoms with Gasteiger partial charge in [0.15, 0.2) is 0 Å². The van der Waals surface area contributed by atoms with Gasteiger partial charge in [-0.1, -0.05) is 6.07 Å². The second-order valence-corrected chi connectivity index (χ2v) is 3.48. The highest BCUT2D eigenvalue weighted by Gasteiger charge is 2.00. The van der Waals surface area contributed by atoms with Crippen LogP contribution in [0, 0.1) is 0 Å². The minimum absolute atomic E-state index is 0.349. The van der Waals surface area contributed by atoms with E-state index in [9.17, 15) is 4.79 Å². The van der Waals surface area contributed by atoms with Gasteiger partial charge in [-0.2, -0.15) is 0 Å². The summed E-state index contributed by atoms with van der Waals surface area (Å²) in [7, 11) is 1.61. The molecule has 0 heterocycles. The molecule has 0 aromatic heterocycles. The van der Waals surface area contributed by atoms with Crippen molar-refractivity contribution in [2.45, 2.75) is 13.5 Å². The van der Waals surface area contributed by atoms with Gasteiger partial charge in [0, 0.05) is 24.4 Å². The molecule has 0 atom stereocenters. The molecule has 0 radical (unpaired) electrons. The third-order valence-corrected chi connectivity index (χ3v) is 2.17. The number of anilines is 1. The average molecular weight is 235 g/mol. The van der Waals surface area contributed by atoms with E-state index < -0.39 is 0 Å². The molecule has 0 aliphatic rings. The third kappa shape index (κ3) is 4.28. The Labute approximate surface area is 101 Å². The molecular weight excluding hydrogens is 218 g/mol. The maximum Gasteiger partial charge on any atom is 0.330 e. The molecule has 17 heavy (non-hydrogen) atoms. The fourth-order valence-corrected chi connectivity index (χ4v) is 1.36. The van der Waals surface area contributed by atoms with Crippen LogP contribution in [-0.4, -0.2) is 19.7 Å². The van der Waals surface area contributed by atoms with Crippen molar-refractivity contribution >= 4 is 17.7 Å². The van der Waals surface area contributed by atoms with Gasteiger partial charge in [-0.25, -0.2) is 4.79 Å². The van der Waals surface area contributed by atoms with Crippen LogP contribution in [0.2, 0.25) is 0 Å². The largest absolute Gasteiger partial charge is 0.463 e. The van der Waals surface area contributed by atoms with Crippen LogP contribution in [0.25, 0.3) is 6.08 Å². The summed E-state index contributed by atoms with van der Waals surface area (Å²) in [5.74, 6) is -0.349. The number of ether oxygens (including phenoxy) is 2. The normalized spacial score (nSPS) is 10.7. The second kappa shape index (κ2) is 6.70. The van der Waals surface area contributed by atoms with E-state index in [1.165, 1.54) is 6.08 Å². The minimum Gasteiger partial charge on any atom is -0.463 e. The Morgan fingerprint density at radius 1 is 1.47 bits per heavy atom. The minimum atomic E-state index is -0.349. The van der Waals surface area contributed by atoms with E-state index in [1.54, 1.807) is 26.2 Å². The molecule has 0 amide bonds. The summed E-state index contributed by atoms with van der Waals surface area (Å²) in [6.07, 6.45) is 3.09. The first-order valence-corrected chi connectivity index (χ1v) is 5.39. The monoisotopic (exact) mass is 235 g/mol. The van der Waals surface area contributed by atoms with E-state index in [0.29, 0.717) is 18.9 Å². The summed E-state index contributed by atoms with van der Waals surface area (Å²) >= 11 is 0. The molecule has 1 rings (SSSR count). The van der Waals surface area contributed by atoms with Gasteiger partial charge in [-0.15, -0.1) is 0 Å². The van der Waals surface area contributed by atoms with Crippen LogP contribution in [0.3, 0.4) is 0 Å². The van der Waals surface area contributed by atoms with Gasteiger partial charge in [0.2, 0.25) is 0 Å². The van der Waals surface area contributed by atoms with Gasteiger partial charge in [0.25, 0.3) is 0 Å². The van der Waals surface area contributed by atoms with Crippen LogP contribution in [0.5, 0.6) is 0 Å². The summed E-state index contributed by atoms with van der Waals surface area (Å²) in [5, 5.41) is 0. The Morgan fingerprint density at radius 3 is 2.88 bits per heavy atom. The number of rotatable bonds is 5. The first kappa shape index (κ1) is 13.3. The van der Waals surface area contributed by atoms with Crippen LogP contribution in [0.4, 0.5) is 5.69 Å². The van der Waals surface area contributed by atoms with Crippen molar-refractivity contribution in [3.05, 3.63) is 35.4 Å².